The first kappa shape index (κ1) is 13.8. The van der Waals surface area contributed by atoms with Crippen LogP contribution in [-0.2, 0) is 4.79 Å². The van der Waals surface area contributed by atoms with E-state index in [4.69, 9.17) is 0 Å². The minimum atomic E-state index is -0.200. The molecule has 0 aromatic carbocycles. The first-order valence-electron chi connectivity index (χ1n) is 8.36. The van der Waals surface area contributed by atoms with Crippen molar-refractivity contribution in [3.05, 3.63) is 21.9 Å². The summed E-state index contributed by atoms with van der Waals surface area (Å²) in [6, 6.07) is 4.82. The largest absolute Gasteiger partial charge is 0.317 e. The van der Waals surface area contributed by atoms with Gasteiger partial charge in [-0.1, -0.05) is 25.7 Å². The minimum absolute atomic E-state index is 0.127. The maximum absolute atomic E-state index is 13.0. The molecule has 1 unspecified atom stereocenters. The van der Waals surface area contributed by atoms with Crippen LogP contribution in [0.4, 0.5) is 0 Å². The van der Waals surface area contributed by atoms with E-state index >= 15 is 0 Å². The zero-order valence-corrected chi connectivity index (χ0v) is 13.5. The van der Waals surface area contributed by atoms with Gasteiger partial charge in [0.2, 0.25) is 5.91 Å². The Morgan fingerprint density at radius 2 is 1.90 bits per heavy atom. The van der Waals surface area contributed by atoms with Gasteiger partial charge in [-0.2, -0.15) is 0 Å². The Morgan fingerprint density at radius 1 is 1.19 bits per heavy atom. The SMILES string of the molecule is Cc1ccc(C2NC3(CC3)C(=O)N2C2CCCCCC2)s1. The molecule has 1 aliphatic heterocycles. The summed E-state index contributed by atoms with van der Waals surface area (Å²) in [4.78, 5) is 17.8. The first-order valence-corrected chi connectivity index (χ1v) is 9.18. The number of nitrogens with zero attached hydrogens (tertiary/aromatic N) is 1. The molecular formula is C17H24N2OS. The van der Waals surface area contributed by atoms with Crippen LogP contribution in [0.3, 0.4) is 0 Å². The molecule has 1 spiro atoms. The van der Waals surface area contributed by atoms with Gasteiger partial charge in [-0.05, 0) is 44.7 Å². The Bertz CT molecular complexity index is 541. The molecule has 21 heavy (non-hydrogen) atoms. The van der Waals surface area contributed by atoms with Crippen LogP contribution in [0.1, 0.15) is 67.3 Å². The molecule has 114 valence electrons. The zero-order valence-electron chi connectivity index (χ0n) is 12.7. The summed E-state index contributed by atoms with van der Waals surface area (Å²) in [6.07, 6.45) is 9.76. The molecule has 1 aromatic rings. The second kappa shape index (κ2) is 5.10. The average molecular weight is 304 g/mol. The highest BCUT2D eigenvalue weighted by Crippen LogP contribution is 2.48. The molecule has 1 aromatic heterocycles. The number of hydrogen-bond donors (Lipinski definition) is 1. The highest BCUT2D eigenvalue weighted by Gasteiger charge is 2.60. The third-order valence-corrected chi connectivity index (χ3v) is 6.39. The highest BCUT2D eigenvalue weighted by atomic mass is 32.1. The Balaban J connectivity index is 1.65. The number of carbonyl (C=O) groups is 1. The van der Waals surface area contributed by atoms with Crippen molar-refractivity contribution in [3.8, 4) is 0 Å². The molecule has 2 heterocycles. The maximum Gasteiger partial charge on any atom is 0.244 e. The van der Waals surface area contributed by atoms with Gasteiger partial charge in [-0.3, -0.25) is 10.1 Å². The van der Waals surface area contributed by atoms with Gasteiger partial charge in [0.05, 0.1) is 0 Å². The number of aryl methyl sites for hydroxylation is 1. The summed E-state index contributed by atoms with van der Waals surface area (Å²) in [7, 11) is 0. The fourth-order valence-electron chi connectivity index (χ4n) is 3.96. The molecule has 4 heteroatoms. The fraction of sp³-hybridized carbons (Fsp3) is 0.706. The lowest BCUT2D eigenvalue weighted by Gasteiger charge is -2.31. The molecular weight excluding hydrogens is 280 g/mol. The Kier molecular flexibility index (Phi) is 3.34. The number of amides is 1. The average Bonchev–Trinajstić information content (AvgIpc) is 3.13. The summed E-state index contributed by atoms with van der Waals surface area (Å²) in [5.74, 6) is 0.380. The Labute approximate surface area is 130 Å². The van der Waals surface area contributed by atoms with Crippen LogP contribution in [0, 0.1) is 6.92 Å². The molecule has 1 saturated heterocycles. The zero-order chi connectivity index (χ0) is 14.4. The van der Waals surface area contributed by atoms with Crippen molar-refractivity contribution >= 4 is 17.2 Å². The van der Waals surface area contributed by atoms with Crippen LogP contribution in [0.15, 0.2) is 12.1 Å². The molecule has 4 rings (SSSR count). The van der Waals surface area contributed by atoms with Gasteiger partial charge in [0.15, 0.2) is 0 Å². The standard InChI is InChI=1S/C17H24N2OS/c1-12-8-9-14(21-12)15-18-17(10-11-17)16(20)19(15)13-6-4-2-3-5-7-13/h8-9,13,15,18H,2-7,10-11H2,1H3. The van der Waals surface area contributed by atoms with E-state index in [0.717, 1.165) is 12.8 Å². The van der Waals surface area contributed by atoms with Gasteiger partial charge in [0.1, 0.15) is 11.7 Å². The van der Waals surface area contributed by atoms with Crippen LogP contribution in [-0.4, -0.2) is 22.4 Å². The van der Waals surface area contributed by atoms with E-state index in [-0.39, 0.29) is 11.7 Å². The number of thiophene rings is 1. The first-order chi connectivity index (χ1) is 10.2. The van der Waals surface area contributed by atoms with Crippen LogP contribution in [0.2, 0.25) is 0 Å². The Morgan fingerprint density at radius 3 is 2.48 bits per heavy atom. The summed E-state index contributed by atoms with van der Waals surface area (Å²) in [5.41, 5.74) is -0.200. The van der Waals surface area contributed by atoms with Gasteiger partial charge >= 0.3 is 0 Å². The van der Waals surface area contributed by atoms with Crippen LogP contribution < -0.4 is 5.32 Å². The molecule has 0 bridgehead atoms. The van der Waals surface area contributed by atoms with E-state index in [1.54, 1.807) is 0 Å². The number of hydrogen-bond acceptors (Lipinski definition) is 3. The van der Waals surface area contributed by atoms with E-state index in [2.05, 4.69) is 29.3 Å². The van der Waals surface area contributed by atoms with E-state index in [1.807, 2.05) is 11.3 Å². The van der Waals surface area contributed by atoms with Crippen molar-refractivity contribution in [1.82, 2.24) is 10.2 Å². The quantitative estimate of drug-likeness (QED) is 0.844. The van der Waals surface area contributed by atoms with E-state index in [0.29, 0.717) is 11.9 Å². The topological polar surface area (TPSA) is 32.3 Å². The van der Waals surface area contributed by atoms with Crippen molar-refractivity contribution in [2.45, 2.75) is 76.0 Å². The molecule has 3 fully saturated rings. The summed E-state index contributed by atoms with van der Waals surface area (Å²) >= 11 is 1.83. The summed E-state index contributed by atoms with van der Waals surface area (Å²) in [5, 5.41) is 3.68. The van der Waals surface area contributed by atoms with Crippen molar-refractivity contribution in [1.29, 1.82) is 0 Å². The van der Waals surface area contributed by atoms with Gasteiger partial charge in [-0.15, -0.1) is 11.3 Å². The van der Waals surface area contributed by atoms with Gasteiger partial charge in [0, 0.05) is 15.8 Å². The van der Waals surface area contributed by atoms with Gasteiger partial charge < -0.3 is 4.90 Å². The molecule has 1 atom stereocenters. The predicted octanol–water partition coefficient (Wildman–Crippen LogP) is 3.74. The summed E-state index contributed by atoms with van der Waals surface area (Å²) < 4.78 is 0. The molecule has 1 N–H and O–H groups in total. The van der Waals surface area contributed by atoms with Crippen molar-refractivity contribution in [3.63, 3.8) is 0 Å². The lowest BCUT2D eigenvalue weighted by atomic mass is 10.1. The Hall–Kier alpha value is -0.870. The van der Waals surface area contributed by atoms with Crippen molar-refractivity contribution in [2.75, 3.05) is 0 Å². The fourth-order valence-corrected chi connectivity index (χ4v) is 4.89. The van der Waals surface area contributed by atoms with Gasteiger partial charge in [0.25, 0.3) is 0 Å². The molecule has 2 aliphatic carbocycles. The van der Waals surface area contributed by atoms with Crippen molar-refractivity contribution < 1.29 is 4.79 Å². The van der Waals surface area contributed by atoms with Crippen molar-refractivity contribution in [2.24, 2.45) is 0 Å². The third kappa shape index (κ3) is 2.33. The second-order valence-electron chi connectivity index (χ2n) is 6.94. The smallest absolute Gasteiger partial charge is 0.244 e. The molecule has 3 aliphatic rings. The lowest BCUT2D eigenvalue weighted by molar-refractivity contribution is -0.133. The minimum Gasteiger partial charge on any atom is -0.317 e. The van der Waals surface area contributed by atoms with E-state index in [1.165, 1.54) is 48.3 Å². The normalized spacial score (nSPS) is 29.1. The predicted molar refractivity (Wildman–Crippen MR) is 85.2 cm³/mol. The van der Waals surface area contributed by atoms with Crippen LogP contribution >= 0.6 is 11.3 Å². The van der Waals surface area contributed by atoms with Crippen LogP contribution in [0.5, 0.6) is 0 Å². The number of carbonyl (C=O) groups excluding carboxylic acids is 1. The third-order valence-electron chi connectivity index (χ3n) is 5.33. The second-order valence-corrected chi connectivity index (χ2v) is 8.25. The monoisotopic (exact) mass is 304 g/mol. The maximum atomic E-state index is 13.0. The molecule has 3 nitrogen and oxygen atoms in total. The van der Waals surface area contributed by atoms with E-state index in [9.17, 15) is 4.79 Å². The summed E-state index contributed by atoms with van der Waals surface area (Å²) in [6.45, 7) is 2.15. The highest BCUT2D eigenvalue weighted by molar-refractivity contribution is 7.12. The molecule has 2 saturated carbocycles. The molecule has 0 radical (unpaired) electrons. The van der Waals surface area contributed by atoms with E-state index < -0.39 is 0 Å². The molecule has 1 amide bonds. The van der Waals surface area contributed by atoms with Crippen LogP contribution in [0.25, 0.3) is 0 Å². The number of rotatable bonds is 2. The van der Waals surface area contributed by atoms with Gasteiger partial charge in [-0.25, -0.2) is 0 Å². The number of nitrogens with one attached hydrogen (secondary N) is 1. The lowest BCUT2D eigenvalue weighted by Crippen LogP contribution is -2.40.